The van der Waals surface area contributed by atoms with Gasteiger partial charge in [-0.05, 0) is 74.6 Å². The summed E-state index contributed by atoms with van der Waals surface area (Å²) >= 11 is 0. The zero-order chi connectivity index (χ0) is 19.8. The SMILES string of the molecule is O=c1[nH]c2cc(F)ccc2n1C1CCN(C2CCCC(C3=CCCC=C3)C2)CC1. The first-order valence-electron chi connectivity index (χ1n) is 11.2. The van der Waals surface area contributed by atoms with E-state index in [1.165, 1.54) is 50.7 Å². The van der Waals surface area contributed by atoms with Crippen molar-refractivity contribution in [2.75, 3.05) is 13.1 Å². The van der Waals surface area contributed by atoms with Gasteiger partial charge in [0.15, 0.2) is 0 Å². The molecule has 5 heteroatoms. The summed E-state index contributed by atoms with van der Waals surface area (Å²) in [6.07, 6.45) is 16.7. The predicted octanol–water partition coefficient (Wildman–Crippen LogP) is 4.94. The number of aromatic nitrogens is 2. The fourth-order valence-electron chi connectivity index (χ4n) is 5.71. The summed E-state index contributed by atoms with van der Waals surface area (Å²) in [6.45, 7) is 2.08. The van der Waals surface area contributed by atoms with Crippen molar-refractivity contribution >= 4 is 11.0 Å². The van der Waals surface area contributed by atoms with Crippen molar-refractivity contribution in [1.82, 2.24) is 14.5 Å². The van der Waals surface area contributed by atoms with Gasteiger partial charge in [-0.25, -0.2) is 9.18 Å². The number of imidazole rings is 1. The molecule has 154 valence electrons. The Hall–Kier alpha value is -2.14. The maximum Gasteiger partial charge on any atom is 0.326 e. The van der Waals surface area contributed by atoms with Gasteiger partial charge in [0.2, 0.25) is 0 Å². The Kier molecular flexibility index (Phi) is 5.17. The van der Waals surface area contributed by atoms with Crippen molar-refractivity contribution in [3.8, 4) is 0 Å². The summed E-state index contributed by atoms with van der Waals surface area (Å²) in [5, 5.41) is 0. The third-order valence-corrected chi connectivity index (χ3v) is 7.20. The minimum absolute atomic E-state index is 0.113. The molecule has 0 radical (unpaired) electrons. The lowest BCUT2D eigenvalue weighted by molar-refractivity contribution is 0.0977. The van der Waals surface area contributed by atoms with Gasteiger partial charge in [-0.2, -0.15) is 0 Å². The monoisotopic (exact) mass is 395 g/mol. The second-order valence-corrected chi connectivity index (χ2v) is 8.93. The number of nitrogens with zero attached hydrogens (tertiary/aromatic N) is 2. The van der Waals surface area contributed by atoms with Crippen LogP contribution in [-0.4, -0.2) is 33.6 Å². The molecular weight excluding hydrogens is 365 g/mol. The minimum atomic E-state index is -0.310. The molecular formula is C24H30FN3O. The fourth-order valence-corrected chi connectivity index (χ4v) is 5.71. The number of halogens is 1. The van der Waals surface area contributed by atoms with Gasteiger partial charge in [-0.15, -0.1) is 0 Å². The molecule has 4 nitrogen and oxygen atoms in total. The second kappa shape index (κ2) is 7.94. The molecule has 0 bridgehead atoms. The maximum atomic E-state index is 13.5. The van der Waals surface area contributed by atoms with E-state index in [0.717, 1.165) is 31.4 Å². The van der Waals surface area contributed by atoms with E-state index in [2.05, 4.69) is 28.1 Å². The molecule has 1 saturated heterocycles. The molecule has 1 N–H and O–H groups in total. The number of hydrogen-bond acceptors (Lipinski definition) is 2. The Morgan fingerprint density at radius 1 is 1.03 bits per heavy atom. The Morgan fingerprint density at radius 2 is 1.90 bits per heavy atom. The van der Waals surface area contributed by atoms with Crippen LogP contribution in [0.1, 0.15) is 57.4 Å². The van der Waals surface area contributed by atoms with Crippen molar-refractivity contribution in [3.05, 3.63) is 58.3 Å². The van der Waals surface area contributed by atoms with E-state index in [-0.39, 0.29) is 17.5 Å². The Bertz CT molecular complexity index is 993. The van der Waals surface area contributed by atoms with Crippen LogP contribution >= 0.6 is 0 Å². The van der Waals surface area contributed by atoms with Gasteiger partial charge in [0.25, 0.3) is 0 Å². The average molecular weight is 396 g/mol. The molecule has 3 aliphatic rings. The summed E-state index contributed by atoms with van der Waals surface area (Å²) < 4.78 is 15.4. The highest BCUT2D eigenvalue weighted by molar-refractivity contribution is 5.75. The highest BCUT2D eigenvalue weighted by Gasteiger charge is 2.31. The molecule has 0 amide bonds. The quantitative estimate of drug-likeness (QED) is 0.800. The number of benzene rings is 1. The van der Waals surface area contributed by atoms with Gasteiger partial charge in [0, 0.05) is 25.2 Å². The number of rotatable bonds is 3. The van der Waals surface area contributed by atoms with Gasteiger partial charge in [0.05, 0.1) is 11.0 Å². The van der Waals surface area contributed by atoms with Gasteiger partial charge in [-0.1, -0.05) is 24.6 Å². The lowest BCUT2D eigenvalue weighted by Crippen LogP contribution is -2.45. The molecule has 5 rings (SSSR count). The number of H-pyrrole nitrogens is 1. The Balaban J connectivity index is 1.26. The molecule has 1 aromatic carbocycles. The molecule has 2 unspecified atom stereocenters. The van der Waals surface area contributed by atoms with Crippen LogP contribution in [0.3, 0.4) is 0 Å². The number of piperidine rings is 1. The number of allylic oxidation sites excluding steroid dienone is 4. The lowest BCUT2D eigenvalue weighted by Gasteiger charge is -2.42. The molecule has 2 heterocycles. The Labute approximate surface area is 171 Å². The predicted molar refractivity (Wildman–Crippen MR) is 115 cm³/mol. The Morgan fingerprint density at radius 3 is 2.69 bits per heavy atom. The summed E-state index contributed by atoms with van der Waals surface area (Å²) in [4.78, 5) is 18.0. The fraction of sp³-hybridized carbons (Fsp3) is 0.542. The van der Waals surface area contributed by atoms with Crippen LogP contribution < -0.4 is 5.69 Å². The van der Waals surface area contributed by atoms with Crippen LogP contribution in [0.4, 0.5) is 4.39 Å². The van der Waals surface area contributed by atoms with Gasteiger partial charge < -0.3 is 9.88 Å². The largest absolute Gasteiger partial charge is 0.326 e. The molecule has 1 aromatic heterocycles. The first-order valence-corrected chi connectivity index (χ1v) is 11.2. The summed E-state index contributed by atoms with van der Waals surface area (Å²) in [6, 6.07) is 5.45. The van der Waals surface area contributed by atoms with Crippen molar-refractivity contribution in [2.24, 2.45) is 5.92 Å². The van der Waals surface area contributed by atoms with E-state index in [1.54, 1.807) is 11.6 Å². The van der Waals surface area contributed by atoms with E-state index in [1.807, 2.05) is 4.57 Å². The highest BCUT2D eigenvalue weighted by Crippen LogP contribution is 2.36. The number of hydrogen-bond donors (Lipinski definition) is 1. The zero-order valence-corrected chi connectivity index (χ0v) is 16.9. The first-order chi connectivity index (χ1) is 14.2. The summed E-state index contributed by atoms with van der Waals surface area (Å²) in [5.74, 6) is 0.407. The summed E-state index contributed by atoms with van der Waals surface area (Å²) in [5.41, 5.74) is 2.87. The standard InChI is InChI=1S/C24H30FN3O/c25-19-9-10-23-22(16-19)26-24(29)28(23)20-11-13-27(14-12-20)21-8-4-7-18(15-21)17-5-2-1-3-6-17/h2,5-6,9-10,16,18,20-21H,1,3-4,7-8,11-15H2,(H,26,29). The molecule has 1 aliphatic heterocycles. The van der Waals surface area contributed by atoms with Gasteiger partial charge in [-0.3, -0.25) is 4.57 Å². The highest BCUT2D eigenvalue weighted by atomic mass is 19.1. The van der Waals surface area contributed by atoms with Crippen LogP contribution in [0.25, 0.3) is 11.0 Å². The van der Waals surface area contributed by atoms with Crippen LogP contribution in [0.5, 0.6) is 0 Å². The molecule has 0 spiro atoms. The molecule has 2 atom stereocenters. The zero-order valence-electron chi connectivity index (χ0n) is 16.9. The van der Waals surface area contributed by atoms with Crippen molar-refractivity contribution in [1.29, 1.82) is 0 Å². The van der Waals surface area contributed by atoms with Crippen LogP contribution in [-0.2, 0) is 0 Å². The van der Waals surface area contributed by atoms with Crippen LogP contribution in [0, 0.1) is 11.7 Å². The third-order valence-electron chi connectivity index (χ3n) is 7.20. The molecule has 2 aliphatic carbocycles. The second-order valence-electron chi connectivity index (χ2n) is 8.93. The van der Waals surface area contributed by atoms with Gasteiger partial charge >= 0.3 is 5.69 Å². The topological polar surface area (TPSA) is 41.0 Å². The number of fused-ring (bicyclic) bond motifs is 1. The van der Waals surface area contributed by atoms with Crippen molar-refractivity contribution < 1.29 is 4.39 Å². The normalized spacial score (nSPS) is 26.7. The van der Waals surface area contributed by atoms with E-state index in [0.29, 0.717) is 17.5 Å². The molecule has 2 fully saturated rings. The average Bonchev–Trinajstić information content (AvgIpc) is 3.09. The third kappa shape index (κ3) is 3.73. The number of aromatic amines is 1. The minimum Gasteiger partial charge on any atom is -0.305 e. The van der Waals surface area contributed by atoms with E-state index < -0.39 is 0 Å². The van der Waals surface area contributed by atoms with Crippen LogP contribution in [0.15, 0.2) is 46.8 Å². The first kappa shape index (κ1) is 18.9. The van der Waals surface area contributed by atoms with Crippen molar-refractivity contribution in [2.45, 2.75) is 63.5 Å². The van der Waals surface area contributed by atoms with Crippen LogP contribution in [0.2, 0.25) is 0 Å². The number of nitrogens with one attached hydrogen (secondary N) is 1. The van der Waals surface area contributed by atoms with E-state index in [4.69, 9.17) is 0 Å². The molecule has 2 aromatic rings. The maximum absolute atomic E-state index is 13.5. The lowest BCUT2D eigenvalue weighted by atomic mass is 9.78. The number of likely N-dealkylation sites (tertiary alicyclic amines) is 1. The molecule has 29 heavy (non-hydrogen) atoms. The van der Waals surface area contributed by atoms with E-state index in [9.17, 15) is 9.18 Å². The van der Waals surface area contributed by atoms with Crippen molar-refractivity contribution in [3.63, 3.8) is 0 Å². The van der Waals surface area contributed by atoms with Gasteiger partial charge in [0.1, 0.15) is 5.82 Å². The molecule has 1 saturated carbocycles. The summed E-state index contributed by atoms with van der Waals surface area (Å²) in [7, 11) is 0. The van der Waals surface area contributed by atoms with E-state index >= 15 is 0 Å². The smallest absolute Gasteiger partial charge is 0.305 e.